The van der Waals surface area contributed by atoms with Gasteiger partial charge in [0.25, 0.3) is 0 Å². The molecule has 0 bridgehead atoms. The van der Waals surface area contributed by atoms with Gasteiger partial charge in [-0.05, 0) is 48.0 Å². The number of β-lactam (4-membered cyclic amide) rings is 1. The van der Waals surface area contributed by atoms with Crippen LogP contribution >= 0.6 is 11.9 Å². The van der Waals surface area contributed by atoms with E-state index >= 15 is 0 Å². The van der Waals surface area contributed by atoms with Crippen molar-refractivity contribution in [2.75, 3.05) is 6.54 Å². The molecule has 5 heteroatoms. The SMILES string of the molecule is CC(C)[C@@H]1CC[C@H](C)CC1OC(=O)C=CSN1CCC1=O. The molecule has 1 aliphatic heterocycles. The van der Waals surface area contributed by atoms with Gasteiger partial charge in [-0.25, -0.2) is 4.79 Å². The normalized spacial score (nSPS) is 29.8. The van der Waals surface area contributed by atoms with Gasteiger partial charge in [-0.1, -0.05) is 27.2 Å². The Morgan fingerprint density at radius 3 is 2.76 bits per heavy atom. The lowest BCUT2D eigenvalue weighted by Gasteiger charge is -2.36. The lowest BCUT2D eigenvalue weighted by atomic mass is 9.75. The predicted molar refractivity (Wildman–Crippen MR) is 84.3 cm³/mol. The second-order valence-electron chi connectivity index (χ2n) is 6.46. The van der Waals surface area contributed by atoms with Crippen molar-refractivity contribution in [3.63, 3.8) is 0 Å². The van der Waals surface area contributed by atoms with Gasteiger partial charge >= 0.3 is 5.97 Å². The fraction of sp³-hybridized carbons (Fsp3) is 0.750. The summed E-state index contributed by atoms with van der Waals surface area (Å²) in [6, 6.07) is 0. The minimum atomic E-state index is -0.291. The van der Waals surface area contributed by atoms with Crippen LogP contribution in [0, 0.1) is 17.8 Å². The number of ether oxygens (including phenoxy) is 1. The van der Waals surface area contributed by atoms with Crippen LogP contribution in [0.3, 0.4) is 0 Å². The molecule has 0 aromatic rings. The second kappa shape index (κ2) is 7.34. The first-order valence-corrected chi connectivity index (χ1v) is 8.65. The van der Waals surface area contributed by atoms with Crippen LogP contribution in [0.4, 0.5) is 0 Å². The topological polar surface area (TPSA) is 46.6 Å². The van der Waals surface area contributed by atoms with Crippen LogP contribution < -0.4 is 0 Å². The number of hydrogen-bond donors (Lipinski definition) is 0. The third-order valence-corrected chi connectivity index (χ3v) is 5.33. The molecular formula is C16H25NO3S. The lowest BCUT2D eigenvalue weighted by molar-refractivity contribution is -0.149. The monoisotopic (exact) mass is 311 g/mol. The van der Waals surface area contributed by atoms with E-state index in [2.05, 4.69) is 20.8 Å². The third-order valence-electron chi connectivity index (χ3n) is 4.43. The van der Waals surface area contributed by atoms with Crippen molar-refractivity contribution < 1.29 is 14.3 Å². The standard InChI is InChI=1S/C16H25NO3S/c1-11(2)13-5-4-12(3)10-14(13)20-16(19)7-9-21-17-8-6-15(17)18/h7,9,11-14H,4-6,8,10H2,1-3H3/t12-,13-,14?/m0/s1. The smallest absolute Gasteiger partial charge is 0.331 e. The molecule has 1 aliphatic carbocycles. The third kappa shape index (κ3) is 4.50. The van der Waals surface area contributed by atoms with Crippen LogP contribution in [0.5, 0.6) is 0 Å². The zero-order valence-electron chi connectivity index (χ0n) is 13.1. The van der Waals surface area contributed by atoms with Crippen molar-refractivity contribution in [2.45, 2.75) is 52.6 Å². The van der Waals surface area contributed by atoms with Crippen LogP contribution in [0.15, 0.2) is 11.5 Å². The van der Waals surface area contributed by atoms with Gasteiger partial charge in [0, 0.05) is 19.0 Å². The van der Waals surface area contributed by atoms with E-state index in [1.807, 2.05) is 0 Å². The largest absolute Gasteiger partial charge is 0.459 e. The first kappa shape index (κ1) is 16.4. The zero-order chi connectivity index (χ0) is 15.4. The molecule has 118 valence electrons. The molecule has 1 heterocycles. The molecule has 0 aromatic heterocycles. The Labute approximate surface area is 131 Å². The van der Waals surface area contributed by atoms with Gasteiger partial charge in [-0.2, -0.15) is 0 Å². The summed E-state index contributed by atoms with van der Waals surface area (Å²) in [5.41, 5.74) is 0. The van der Waals surface area contributed by atoms with Gasteiger partial charge in [0.1, 0.15) is 6.10 Å². The fourth-order valence-corrected chi connectivity index (χ4v) is 3.73. The van der Waals surface area contributed by atoms with Gasteiger partial charge in [-0.15, -0.1) is 0 Å². The average Bonchev–Trinajstić information content (AvgIpc) is 2.41. The Balaban J connectivity index is 1.81. The zero-order valence-corrected chi connectivity index (χ0v) is 13.9. The van der Waals surface area contributed by atoms with E-state index in [4.69, 9.17) is 4.74 Å². The number of rotatable bonds is 5. The summed E-state index contributed by atoms with van der Waals surface area (Å²) < 4.78 is 7.30. The van der Waals surface area contributed by atoms with E-state index in [0.717, 1.165) is 19.4 Å². The van der Waals surface area contributed by atoms with E-state index in [-0.39, 0.29) is 18.0 Å². The average molecular weight is 311 g/mol. The van der Waals surface area contributed by atoms with Crippen molar-refractivity contribution in [1.82, 2.24) is 4.31 Å². The summed E-state index contributed by atoms with van der Waals surface area (Å²) in [5.74, 6) is 1.45. The highest BCUT2D eigenvalue weighted by Crippen LogP contribution is 2.35. The number of amides is 1. The highest BCUT2D eigenvalue weighted by atomic mass is 32.2. The van der Waals surface area contributed by atoms with E-state index in [0.29, 0.717) is 24.2 Å². The fourth-order valence-electron chi connectivity index (χ4n) is 3.00. The Morgan fingerprint density at radius 1 is 1.43 bits per heavy atom. The second-order valence-corrected chi connectivity index (χ2v) is 7.38. The van der Waals surface area contributed by atoms with Crippen LogP contribution in [-0.2, 0) is 14.3 Å². The van der Waals surface area contributed by atoms with Crippen molar-refractivity contribution >= 4 is 23.8 Å². The van der Waals surface area contributed by atoms with Crippen molar-refractivity contribution in [1.29, 1.82) is 0 Å². The quantitative estimate of drug-likeness (QED) is 0.338. The summed E-state index contributed by atoms with van der Waals surface area (Å²) in [6.45, 7) is 7.38. The molecule has 0 N–H and O–H groups in total. The molecule has 1 amide bonds. The summed E-state index contributed by atoms with van der Waals surface area (Å²) in [6.07, 6.45) is 5.40. The number of esters is 1. The van der Waals surface area contributed by atoms with E-state index in [1.165, 1.54) is 24.4 Å². The van der Waals surface area contributed by atoms with Gasteiger partial charge in [0.15, 0.2) is 0 Å². The van der Waals surface area contributed by atoms with Gasteiger partial charge in [-0.3, -0.25) is 9.10 Å². The molecule has 1 saturated carbocycles. The molecule has 4 nitrogen and oxygen atoms in total. The molecule has 0 spiro atoms. The maximum absolute atomic E-state index is 11.9. The predicted octanol–water partition coefficient (Wildman–Crippen LogP) is 3.38. The Hall–Kier alpha value is -0.970. The highest BCUT2D eigenvalue weighted by molar-refractivity contribution is 8.00. The molecule has 21 heavy (non-hydrogen) atoms. The molecule has 1 unspecified atom stereocenters. The summed E-state index contributed by atoms with van der Waals surface area (Å²) >= 11 is 1.27. The van der Waals surface area contributed by atoms with Gasteiger partial charge in [0.05, 0.1) is 0 Å². The van der Waals surface area contributed by atoms with Crippen LogP contribution in [0.1, 0.15) is 46.5 Å². The maximum atomic E-state index is 11.9. The Morgan fingerprint density at radius 2 is 2.19 bits per heavy atom. The minimum absolute atomic E-state index is 0.0292. The van der Waals surface area contributed by atoms with E-state index in [9.17, 15) is 9.59 Å². The van der Waals surface area contributed by atoms with Crippen molar-refractivity contribution in [2.24, 2.45) is 17.8 Å². The number of carbonyl (C=O) groups excluding carboxylic acids is 2. The highest BCUT2D eigenvalue weighted by Gasteiger charge is 2.33. The summed E-state index contributed by atoms with van der Waals surface area (Å²) in [7, 11) is 0. The molecule has 0 radical (unpaired) electrons. The first-order chi connectivity index (χ1) is 9.97. The molecule has 2 aliphatic rings. The molecular weight excluding hydrogens is 286 g/mol. The maximum Gasteiger partial charge on any atom is 0.331 e. The first-order valence-electron chi connectivity index (χ1n) is 7.81. The molecule has 2 rings (SSSR count). The molecule has 3 atom stereocenters. The van der Waals surface area contributed by atoms with Gasteiger partial charge < -0.3 is 4.74 Å². The Bertz CT molecular complexity index is 422. The molecule has 0 aromatic carbocycles. The minimum Gasteiger partial charge on any atom is -0.459 e. The number of carbonyl (C=O) groups is 2. The molecule has 2 fully saturated rings. The van der Waals surface area contributed by atoms with Crippen molar-refractivity contribution in [3.05, 3.63) is 11.5 Å². The van der Waals surface area contributed by atoms with Crippen LogP contribution in [0.25, 0.3) is 0 Å². The van der Waals surface area contributed by atoms with Crippen LogP contribution in [-0.4, -0.2) is 28.8 Å². The Kier molecular flexibility index (Phi) is 5.73. The van der Waals surface area contributed by atoms with E-state index < -0.39 is 0 Å². The summed E-state index contributed by atoms with van der Waals surface area (Å²) in [5, 5.41) is 1.65. The number of hydrogen-bond acceptors (Lipinski definition) is 4. The molecule has 1 saturated heterocycles. The van der Waals surface area contributed by atoms with E-state index in [1.54, 1.807) is 9.71 Å². The summed E-state index contributed by atoms with van der Waals surface area (Å²) in [4.78, 5) is 23.1. The van der Waals surface area contributed by atoms with Crippen LogP contribution in [0.2, 0.25) is 0 Å². The lowest BCUT2D eigenvalue weighted by Crippen LogP contribution is -2.37. The number of nitrogens with zero attached hydrogens (tertiary/aromatic N) is 1. The van der Waals surface area contributed by atoms with Crippen molar-refractivity contribution in [3.8, 4) is 0 Å². The van der Waals surface area contributed by atoms with Gasteiger partial charge in [0.2, 0.25) is 5.91 Å².